The lowest BCUT2D eigenvalue weighted by Gasteiger charge is -2.20. The number of nitrogens with two attached hydrogens (primary N) is 1. The highest BCUT2D eigenvalue weighted by molar-refractivity contribution is 9.10. The zero-order valence-electron chi connectivity index (χ0n) is 12.1. The number of nitrogens with one attached hydrogen (secondary N) is 1. The van der Waals surface area contributed by atoms with Gasteiger partial charge >= 0.3 is 0 Å². The summed E-state index contributed by atoms with van der Waals surface area (Å²) in [5.41, 5.74) is 8.97. The second-order valence-electron chi connectivity index (χ2n) is 5.13. The van der Waals surface area contributed by atoms with Crippen molar-refractivity contribution in [2.24, 2.45) is 11.7 Å². The normalized spacial score (nSPS) is 13.5. The van der Waals surface area contributed by atoms with E-state index >= 15 is 0 Å². The number of benzene rings is 2. The van der Waals surface area contributed by atoms with Crippen molar-refractivity contribution in [1.82, 2.24) is 0 Å². The SMILES string of the molecule is Cc1c(Br)cccc1NC(=O)C(C)C(N)c1ccccc1. The van der Waals surface area contributed by atoms with E-state index in [-0.39, 0.29) is 17.9 Å². The number of carbonyl (C=O) groups is 1. The van der Waals surface area contributed by atoms with Crippen molar-refractivity contribution in [3.8, 4) is 0 Å². The predicted octanol–water partition coefficient (Wildman–Crippen LogP) is 4.03. The molecule has 0 heterocycles. The minimum absolute atomic E-state index is 0.0763. The molecule has 2 atom stereocenters. The third kappa shape index (κ3) is 3.71. The van der Waals surface area contributed by atoms with Gasteiger partial charge in [0.2, 0.25) is 5.91 Å². The number of anilines is 1. The summed E-state index contributed by atoms with van der Waals surface area (Å²) in [6, 6.07) is 15.1. The van der Waals surface area contributed by atoms with Gasteiger partial charge in [-0.15, -0.1) is 0 Å². The Morgan fingerprint density at radius 3 is 2.48 bits per heavy atom. The third-order valence-corrected chi connectivity index (χ3v) is 4.52. The van der Waals surface area contributed by atoms with Gasteiger partial charge in [-0.2, -0.15) is 0 Å². The van der Waals surface area contributed by atoms with E-state index in [4.69, 9.17) is 5.73 Å². The number of rotatable bonds is 4. The zero-order valence-corrected chi connectivity index (χ0v) is 13.7. The smallest absolute Gasteiger partial charge is 0.229 e. The van der Waals surface area contributed by atoms with Crippen LogP contribution in [0.4, 0.5) is 5.69 Å². The summed E-state index contributed by atoms with van der Waals surface area (Å²) in [6.07, 6.45) is 0. The van der Waals surface area contributed by atoms with Gasteiger partial charge in [0.1, 0.15) is 0 Å². The number of hydrogen-bond acceptors (Lipinski definition) is 2. The number of hydrogen-bond donors (Lipinski definition) is 2. The van der Waals surface area contributed by atoms with Crippen molar-refractivity contribution >= 4 is 27.5 Å². The van der Waals surface area contributed by atoms with Crippen LogP contribution < -0.4 is 11.1 Å². The van der Waals surface area contributed by atoms with E-state index in [1.807, 2.05) is 62.4 Å². The fraction of sp³-hybridized carbons (Fsp3) is 0.235. The van der Waals surface area contributed by atoms with Crippen LogP contribution >= 0.6 is 15.9 Å². The van der Waals surface area contributed by atoms with E-state index in [2.05, 4.69) is 21.2 Å². The summed E-state index contributed by atoms with van der Waals surface area (Å²) in [5.74, 6) is -0.390. The van der Waals surface area contributed by atoms with E-state index < -0.39 is 0 Å². The molecule has 0 aliphatic heterocycles. The molecule has 2 unspecified atom stereocenters. The van der Waals surface area contributed by atoms with Gasteiger partial charge in [-0.1, -0.05) is 59.3 Å². The number of carbonyl (C=O) groups excluding carboxylic acids is 1. The monoisotopic (exact) mass is 346 g/mol. The van der Waals surface area contributed by atoms with Gasteiger partial charge in [-0.3, -0.25) is 4.79 Å². The summed E-state index contributed by atoms with van der Waals surface area (Å²) < 4.78 is 0.973. The lowest BCUT2D eigenvalue weighted by molar-refractivity contribution is -0.120. The lowest BCUT2D eigenvalue weighted by atomic mass is 9.94. The molecule has 0 radical (unpaired) electrons. The van der Waals surface area contributed by atoms with Crippen molar-refractivity contribution in [2.75, 3.05) is 5.32 Å². The molecule has 2 aromatic carbocycles. The molecular weight excluding hydrogens is 328 g/mol. The second-order valence-corrected chi connectivity index (χ2v) is 5.98. The average molecular weight is 347 g/mol. The second kappa shape index (κ2) is 6.87. The quantitative estimate of drug-likeness (QED) is 0.877. The van der Waals surface area contributed by atoms with Crippen LogP contribution in [0.2, 0.25) is 0 Å². The Labute approximate surface area is 133 Å². The maximum Gasteiger partial charge on any atom is 0.229 e. The minimum atomic E-state index is -0.321. The molecule has 3 N–H and O–H groups in total. The number of halogens is 1. The molecular formula is C17H19BrN2O. The molecule has 2 aromatic rings. The molecule has 1 amide bonds. The van der Waals surface area contributed by atoms with E-state index in [1.54, 1.807) is 0 Å². The Hall–Kier alpha value is -1.65. The van der Waals surface area contributed by atoms with Crippen LogP contribution in [0.1, 0.15) is 24.1 Å². The first-order chi connectivity index (χ1) is 10.0. The first-order valence-corrected chi connectivity index (χ1v) is 7.66. The Morgan fingerprint density at radius 1 is 1.14 bits per heavy atom. The summed E-state index contributed by atoms with van der Waals surface area (Å²) in [4.78, 5) is 12.4. The summed E-state index contributed by atoms with van der Waals surface area (Å²) in [6.45, 7) is 3.81. The molecule has 2 rings (SSSR count). The Balaban J connectivity index is 2.11. The van der Waals surface area contributed by atoms with Crippen LogP contribution in [-0.4, -0.2) is 5.91 Å². The minimum Gasteiger partial charge on any atom is -0.326 e. The molecule has 0 bridgehead atoms. The van der Waals surface area contributed by atoms with Crippen molar-refractivity contribution in [3.05, 3.63) is 64.1 Å². The molecule has 0 saturated heterocycles. The van der Waals surface area contributed by atoms with Crippen molar-refractivity contribution in [1.29, 1.82) is 0 Å². The van der Waals surface area contributed by atoms with Crippen molar-refractivity contribution in [2.45, 2.75) is 19.9 Å². The van der Waals surface area contributed by atoms with Gasteiger partial charge < -0.3 is 11.1 Å². The lowest BCUT2D eigenvalue weighted by Crippen LogP contribution is -2.30. The molecule has 0 fully saturated rings. The first kappa shape index (κ1) is 15.7. The average Bonchev–Trinajstić information content (AvgIpc) is 2.51. The van der Waals surface area contributed by atoms with Gasteiger partial charge in [-0.25, -0.2) is 0 Å². The number of amides is 1. The summed E-state index contributed by atoms with van der Waals surface area (Å²) >= 11 is 3.46. The summed E-state index contributed by atoms with van der Waals surface area (Å²) in [5, 5.41) is 2.95. The highest BCUT2D eigenvalue weighted by atomic mass is 79.9. The van der Waals surface area contributed by atoms with Gasteiger partial charge in [-0.05, 0) is 30.2 Å². The van der Waals surface area contributed by atoms with Gasteiger partial charge in [0.05, 0.1) is 5.92 Å². The Morgan fingerprint density at radius 2 is 1.81 bits per heavy atom. The maximum atomic E-state index is 12.4. The molecule has 110 valence electrons. The van der Waals surface area contributed by atoms with Crippen LogP contribution in [0.25, 0.3) is 0 Å². The van der Waals surface area contributed by atoms with Crippen LogP contribution in [0.5, 0.6) is 0 Å². The topological polar surface area (TPSA) is 55.1 Å². The van der Waals surface area contributed by atoms with Gasteiger partial charge in [0, 0.05) is 16.2 Å². The fourth-order valence-corrected chi connectivity index (χ4v) is 2.48. The molecule has 0 spiro atoms. The predicted molar refractivity (Wildman–Crippen MR) is 90.0 cm³/mol. The Kier molecular flexibility index (Phi) is 5.15. The Bertz CT molecular complexity index is 628. The molecule has 0 aromatic heterocycles. The molecule has 0 aliphatic rings. The van der Waals surface area contributed by atoms with Crippen LogP contribution in [0.15, 0.2) is 53.0 Å². The highest BCUT2D eigenvalue weighted by Crippen LogP contribution is 2.25. The van der Waals surface area contributed by atoms with Crippen LogP contribution in [0, 0.1) is 12.8 Å². The summed E-state index contributed by atoms with van der Waals surface area (Å²) in [7, 11) is 0. The standard InChI is InChI=1S/C17H19BrN2O/c1-11-14(18)9-6-10-15(11)20-17(21)12(2)16(19)13-7-4-3-5-8-13/h3-10,12,16H,19H2,1-2H3,(H,20,21). The van der Waals surface area contributed by atoms with Crippen molar-refractivity contribution < 1.29 is 4.79 Å². The molecule has 0 aliphatic carbocycles. The van der Waals surface area contributed by atoms with Crippen LogP contribution in [0.3, 0.4) is 0 Å². The van der Waals surface area contributed by atoms with E-state index in [9.17, 15) is 4.79 Å². The van der Waals surface area contributed by atoms with E-state index in [1.165, 1.54) is 0 Å². The molecule has 4 heteroatoms. The molecule has 0 saturated carbocycles. The van der Waals surface area contributed by atoms with Gasteiger partial charge in [0.15, 0.2) is 0 Å². The highest BCUT2D eigenvalue weighted by Gasteiger charge is 2.22. The van der Waals surface area contributed by atoms with E-state index in [0.717, 1.165) is 21.3 Å². The zero-order chi connectivity index (χ0) is 15.4. The van der Waals surface area contributed by atoms with E-state index in [0.29, 0.717) is 0 Å². The van der Waals surface area contributed by atoms with Crippen molar-refractivity contribution in [3.63, 3.8) is 0 Å². The third-order valence-electron chi connectivity index (χ3n) is 3.66. The largest absolute Gasteiger partial charge is 0.326 e. The maximum absolute atomic E-state index is 12.4. The van der Waals surface area contributed by atoms with Gasteiger partial charge in [0.25, 0.3) is 0 Å². The first-order valence-electron chi connectivity index (χ1n) is 6.87. The molecule has 3 nitrogen and oxygen atoms in total. The van der Waals surface area contributed by atoms with Crippen LogP contribution in [-0.2, 0) is 4.79 Å². The fourth-order valence-electron chi connectivity index (χ4n) is 2.12. The molecule has 21 heavy (non-hydrogen) atoms.